The average molecular weight is 230 g/mol. The van der Waals surface area contributed by atoms with Gasteiger partial charge >= 0.3 is 0 Å². The highest BCUT2D eigenvalue weighted by molar-refractivity contribution is 7.99. The van der Waals surface area contributed by atoms with E-state index in [2.05, 4.69) is 5.32 Å². The third kappa shape index (κ3) is 2.65. The summed E-state index contributed by atoms with van der Waals surface area (Å²) < 4.78 is 5.12. The first kappa shape index (κ1) is 11.2. The number of methoxy groups -OCH3 is 1. The standard InChI is InChI=1S/C10H18N2O2S/c1-14-5-8-2-3-12(4-8)10(13)9-6-15-7-11-9/h8-9,11H,2-7H2,1H3/t8?,9-/m1/s1. The van der Waals surface area contributed by atoms with E-state index >= 15 is 0 Å². The second-order valence-electron chi connectivity index (χ2n) is 4.17. The lowest BCUT2D eigenvalue weighted by atomic mass is 10.1. The number of nitrogens with one attached hydrogen (secondary N) is 1. The number of likely N-dealkylation sites (tertiary alicyclic amines) is 1. The second-order valence-corrected chi connectivity index (χ2v) is 5.20. The third-order valence-corrected chi connectivity index (χ3v) is 3.95. The number of amides is 1. The fourth-order valence-electron chi connectivity index (χ4n) is 2.18. The maximum absolute atomic E-state index is 12.0. The minimum absolute atomic E-state index is 0.0521. The van der Waals surface area contributed by atoms with Crippen LogP contribution in [0.2, 0.25) is 0 Å². The number of hydrogen-bond donors (Lipinski definition) is 1. The maximum atomic E-state index is 12.0. The molecule has 2 fully saturated rings. The molecule has 0 aromatic rings. The fourth-order valence-corrected chi connectivity index (χ4v) is 3.11. The van der Waals surface area contributed by atoms with Gasteiger partial charge in [-0.15, -0.1) is 11.8 Å². The van der Waals surface area contributed by atoms with Crippen LogP contribution in [-0.4, -0.2) is 55.3 Å². The van der Waals surface area contributed by atoms with E-state index in [0.717, 1.165) is 37.7 Å². The predicted octanol–water partition coefficient (Wildman–Crippen LogP) is 0.144. The molecule has 2 aliphatic heterocycles. The largest absolute Gasteiger partial charge is 0.384 e. The smallest absolute Gasteiger partial charge is 0.240 e. The molecule has 0 bridgehead atoms. The third-order valence-electron chi connectivity index (χ3n) is 3.01. The van der Waals surface area contributed by atoms with Gasteiger partial charge in [-0.2, -0.15) is 0 Å². The van der Waals surface area contributed by atoms with Gasteiger partial charge in [-0.05, 0) is 6.42 Å². The minimum atomic E-state index is 0.0521. The summed E-state index contributed by atoms with van der Waals surface area (Å²) >= 11 is 1.80. The van der Waals surface area contributed by atoms with Crippen LogP contribution >= 0.6 is 11.8 Å². The molecule has 2 saturated heterocycles. The Kier molecular flexibility index (Phi) is 3.88. The summed E-state index contributed by atoms with van der Waals surface area (Å²) in [4.78, 5) is 14.0. The summed E-state index contributed by atoms with van der Waals surface area (Å²) in [6.07, 6.45) is 1.08. The van der Waals surface area contributed by atoms with Crippen LogP contribution in [0.1, 0.15) is 6.42 Å². The SMILES string of the molecule is COCC1CCN(C(=O)[C@H]2CSCN2)C1. The number of carbonyl (C=O) groups is 1. The van der Waals surface area contributed by atoms with E-state index in [0.29, 0.717) is 5.92 Å². The Hall–Kier alpha value is -0.260. The van der Waals surface area contributed by atoms with Gasteiger partial charge in [0.25, 0.3) is 0 Å². The van der Waals surface area contributed by atoms with Crippen molar-refractivity contribution in [2.45, 2.75) is 12.5 Å². The Morgan fingerprint density at radius 2 is 2.53 bits per heavy atom. The first-order valence-corrected chi connectivity index (χ1v) is 6.55. The topological polar surface area (TPSA) is 41.6 Å². The van der Waals surface area contributed by atoms with Gasteiger partial charge in [-0.1, -0.05) is 0 Å². The summed E-state index contributed by atoms with van der Waals surface area (Å²) in [5.41, 5.74) is 0. The summed E-state index contributed by atoms with van der Waals surface area (Å²) in [7, 11) is 1.72. The number of ether oxygens (including phenoxy) is 1. The van der Waals surface area contributed by atoms with E-state index < -0.39 is 0 Å². The van der Waals surface area contributed by atoms with Crippen LogP contribution < -0.4 is 5.32 Å². The van der Waals surface area contributed by atoms with Gasteiger partial charge in [0.05, 0.1) is 12.6 Å². The van der Waals surface area contributed by atoms with Crippen LogP contribution in [0.4, 0.5) is 0 Å². The van der Waals surface area contributed by atoms with Crippen LogP contribution in [0.25, 0.3) is 0 Å². The summed E-state index contributed by atoms with van der Waals surface area (Å²) in [6, 6.07) is 0.0521. The molecule has 0 radical (unpaired) electrons. The van der Waals surface area contributed by atoms with Gasteiger partial charge in [-0.25, -0.2) is 0 Å². The van der Waals surface area contributed by atoms with E-state index in [9.17, 15) is 4.79 Å². The molecule has 4 nitrogen and oxygen atoms in total. The fraction of sp³-hybridized carbons (Fsp3) is 0.900. The first-order valence-electron chi connectivity index (χ1n) is 5.40. The van der Waals surface area contributed by atoms with Crippen molar-refractivity contribution in [3.8, 4) is 0 Å². The predicted molar refractivity (Wildman–Crippen MR) is 60.8 cm³/mol. The lowest BCUT2D eigenvalue weighted by Crippen LogP contribution is -2.44. The highest BCUT2D eigenvalue weighted by Gasteiger charge is 2.32. The van der Waals surface area contributed by atoms with Crippen LogP contribution in [-0.2, 0) is 9.53 Å². The second kappa shape index (κ2) is 5.18. The number of carbonyl (C=O) groups excluding carboxylic acids is 1. The normalized spacial score (nSPS) is 31.1. The average Bonchev–Trinajstić information content (AvgIpc) is 2.87. The molecule has 0 aromatic carbocycles. The first-order chi connectivity index (χ1) is 7.31. The monoisotopic (exact) mass is 230 g/mol. The van der Waals surface area contributed by atoms with Crippen LogP contribution in [0.15, 0.2) is 0 Å². The molecule has 1 unspecified atom stereocenters. The molecular weight excluding hydrogens is 212 g/mol. The van der Waals surface area contributed by atoms with Crippen molar-refractivity contribution < 1.29 is 9.53 Å². The number of thioether (sulfide) groups is 1. The van der Waals surface area contributed by atoms with Gasteiger partial charge in [0, 0.05) is 37.7 Å². The lowest BCUT2D eigenvalue weighted by Gasteiger charge is -2.20. The van der Waals surface area contributed by atoms with Crippen molar-refractivity contribution in [2.24, 2.45) is 5.92 Å². The van der Waals surface area contributed by atoms with Crippen molar-refractivity contribution in [2.75, 3.05) is 38.4 Å². The van der Waals surface area contributed by atoms with E-state index in [1.165, 1.54) is 0 Å². The highest BCUT2D eigenvalue weighted by atomic mass is 32.2. The van der Waals surface area contributed by atoms with E-state index in [-0.39, 0.29) is 11.9 Å². The number of hydrogen-bond acceptors (Lipinski definition) is 4. The van der Waals surface area contributed by atoms with Crippen molar-refractivity contribution >= 4 is 17.7 Å². The molecule has 1 amide bonds. The molecule has 15 heavy (non-hydrogen) atoms. The van der Waals surface area contributed by atoms with Gasteiger partial charge in [0.1, 0.15) is 0 Å². The lowest BCUT2D eigenvalue weighted by molar-refractivity contribution is -0.131. The molecule has 0 saturated carbocycles. The van der Waals surface area contributed by atoms with Crippen LogP contribution in [0, 0.1) is 5.92 Å². The molecule has 0 aliphatic carbocycles. The highest BCUT2D eigenvalue weighted by Crippen LogP contribution is 2.19. The number of rotatable bonds is 3. The van der Waals surface area contributed by atoms with E-state index in [1.54, 1.807) is 18.9 Å². The van der Waals surface area contributed by atoms with Crippen molar-refractivity contribution in [1.29, 1.82) is 0 Å². The molecule has 2 atom stereocenters. The Balaban J connectivity index is 1.81. The summed E-state index contributed by atoms with van der Waals surface area (Å²) in [5.74, 6) is 2.64. The molecule has 0 spiro atoms. The summed E-state index contributed by atoms with van der Waals surface area (Å²) in [6.45, 7) is 2.54. The van der Waals surface area contributed by atoms with Crippen LogP contribution in [0.3, 0.4) is 0 Å². The zero-order valence-electron chi connectivity index (χ0n) is 9.07. The zero-order chi connectivity index (χ0) is 10.7. The molecule has 2 aliphatic rings. The Labute approximate surface area is 94.7 Å². The van der Waals surface area contributed by atoms with E-state index in [1.807, 2.05) is 4.90 Å². The van der Waals surface area contributed by atoms with Gasteiger partial charge < -0.3 is 9.64 Å². The molecule has 86 valence electrons. The van der Waals surface area contributed by atoms with Crippen molar-refractivity contribution in [3.63, 3.8) is 0 Å². The zero-order valence-corrected chi connectivity index (χ0v) is 9.89. The number of nitrogens with zero attached hydrogens (tertiary/aromatic N) is 1. The van der Waals surface area contributed by atoms with Crippen molar-refractivity contribution in [1.82, 2.24) is 10.2 Å². The quantitative estimate of drug-likeness (QED) is 0.749. The minimum Gasteiger partial charge on any atom is -0.384 e. The molecule has 2 rings (SSSR count). The Morgan fingerprint density at radius 3 is 3.20 bits per heavy atom. The summed E-state index contributed by atoms with van der Waals surface area (Å²) in [5, 5.41) is 3.22. The van der Waals surface area contributed by atoms with Gasteiger partial charge in [0.2, 0.25) is 5.91 Å². The Bertz CT molecular complexity index is 231. The molecular formula is C10H18N2O2S. The molecule has 1 N–H and O–H groups in total. The van der Waals surface area contributed by atoms with Crippen molar-refractivity contribution in [3.05, 3.63) is 0 Å². The maximum Gasteiger partial charge on any atom is 0.240 e. The molecule has 0 aromatic heterocycles. The van der Waals surface area contributed by atoms with E-state index in [4.69, 9.17) is 4.74 Å². The Morgan fingerprint density at radius 1 is 1.67 bits per heavy atom. The van der Waals surface area contributed by atoms with Gasteiger partial charge in [0.15, 0.2) is 0 Å². The van der Waals surface area contributed by atoms with Gasteiger partial charge in [-0.3, -0.25) is 10.1 Å². The molecule has 5 heteroatoms. The molecule has 2 heterocycles. The van der Waals surface area contributed by atoms with Crippen LogP contribution in [0.5, 0.6) is 0 Å².